The van der Waals surface area contributed by atoms with Gasteiger partial charge in [-0.15, -0.1) is 0 Å². The highest BCUT2D eigenvalue weighted by molar-refractivity contribution is 5.79. The van der Waals surface area contributed by atoms with Crippen LogP contribution in [0.2, 0.25) is 0 Å². The van der Waals surface area contributed by atoms with Crippen molar-refractivity contribution in [2.24, 2.45) is 22.7 Å². The zero-order chi connectivity index (χ0) is 12.3. The van der Waals surface area contributed by atoms with Crippen LogP contribution in [0, 0.1) is 17.8 Å². The molecule has 0 aliphatic heterocycles. The molecule has 2 rings (SSSR count). The summed E-state index contributed by atoms with van der Waals surface area (Å²) in [5.41, 5.74) is 0. The summed E-state index contributed by atoms with van der Waals surface area (Å²) < 4.78 is 0. The van der Waals surface area contributed by atoms with Gasteiger partial charge in [0.1, 0.15) is 0 Å². The molecule has 0 aromatic carbocycles. The molecule has 0 saturated heterocycles. The van der Waals surface area contributed by atoms with E-state index < -0.39 is 0 Å². The average Bonchev–Trinajstić information content (AvgIpc) is 3.18. The van der Waals surface area contributed by atoms with Crippen molar-refractivity contribution in [2.75, 3.05) is 13.6 Å². The van der Waals surface area contributed by atoms with E-state index in [4.69, 9.17) is 0 Å². The fourth-order valence-electron chi connectivity index (χ4n) is 2.51. The van der Waals surface area contributed by atoms with Crippen LogP contribution in [-0.2, 0) is 0 Å². The van der Waals surface area contributed by atoms with E-state index in [1.54, 1.807) is 0 Å². The Bertz CT molecular complexity index is 255. The largest absolute Gasteiger partial charge is 0.356 e. The highest BCUT2D eigenvalue weighted by atomic mass is 15.2. The Morgan fingerprint density at radius 1 is 1.24 bits per heavy atom. The Labute approximate surface area is 105 Å². The third kappa shape index (κ3) is 3.90. The van der Waals surface area contributed by atoms with Crippen LogP contribution in [0.4, 0.5) is 0 Å². The lowest BCUT2D eigenvalue weighted by Gasteiger charge is -2.20. The molecule has 17 heavy (non-hydrogen) atoms. The Morgan fingerprint density at radius 2 is 1.82 bits per heavy atom. The van der Waals surface area contributed by atoms with Crippen molar-refractivity contribution in [1.29, 1.82) is 0 Å². The van der Waals surface area contributed by atoms with Crippen molar-refractivity contribution in [3.63, 3.8) is 0 Å². The summed E-state index contributed by atoms with van der Waals surface area (Å²) in [4.78, 5) is 4.30. The van der Waals surface area contributed by atoms with Crippen LogP contribution < -0.4 is 10.6 Å². The molecule has 98 valence electrons. The van der Waals surface area contributed by atoms with Crippen molar-refractivity contribution in [3.8, 4) is 0 Å². The minimum absolute atomic E-state index is 0.501. The first-order valence-electron chi connectivity index (χ1n) is 7.21. The standard InChI is InChI=1S/C14H27N3/c1-4-10(2)17-14(15-3)16-9-13(11-5-6-11)12-7-8-12/h10-13H,4-9H2,1-3H3,(H2,15,16,17). The minimum atomic E-state index is 0.501. The van der Waals surface area contributed by atoms with E-state index in [0.29, 0.717) is 6.04 Å². The zero-order valence-electron chi connectivity index (χ0n) is 11.5. The number of nitrogens with one attached hydrogen (secondary N) is 2. The summed E-state index contributed by atoms with van der Waals surface area (Å²) in [7, 11) is 1.86. The first-order chi connectivity index (χ1) is 8.24. The fraction of sp³-hybridized carbons (Fsp3) is 0.929. The molecule has 0 heterocycles. The molecule has 1 atom stereocenters. The van der Waals surface area contributed by atoms with Crippen molar-refractivity contribution in [3.05, 3.63) is 0 Å². The van der Waals surface area contributed by atoms with E-state index in [2.05, 4.69) is 29.5 Å². The molecular formula is C14H27N3. The topological polar surface area (TPSA) is 36.4 Å². The second kappa shape index (κ2) is 5.74. The summed E-state index contributed by atoms with van der Waals surface area (Å²) >= 11 is 0. The maximum atomic E-state index is 4.30. The summed E-state index contributed by atoms with van der Waals surface area (Å²) in [5.74, 6) is 3.91. The molecule has 0 aromatic heterocycles. The molecule has 2 saturated carbocycles. The van der Waals surface area contributed by atoms with Gasteiger partial charge >= 0.3 is 0 Å². The number of aliphatic imine (C=N–C) groups is 1. The lowest BCUT2D eigenvalue weighted by molar-refractivity contribution is 0.399. The Morgan fingerprint density at radius 3 is 2.24 bits per heavy atom. The van der Waals surface area contributed by atoms with Crippen molar-refractivity contribution >= 4 is 5.96 Å². The summed E-state index contributed by atoms with van der Waals surface area (Å²) in [6, 6.07) is 0.501. The molecular weight excluding hydrogens is 210 g/mol. The molecule has 2 aliphatic rings. The monoisotopic (exact) mass is 237 g/mol. The molecule has 0 radical (unpaired) electrons. The van der Waals surface area contributed by atoms with Gasteiger partial charge in [-0.05, 0) is 56.8 Å². The molecule has 0 spiro atoms. The van der Waals surface area contributed by atoms with E-state index in [1.165, 1.54) is 25.7 Å². The normalized spacial score (nSPS) is 22.7. The second-order valence-corrected chi connectivity index (χ2v) is 5.75. The zero-order valence-corrected chi connectivity index (χ0v) is 11.5. The Hall–Kier alpha value is -0.730. The van der Waals surface area contributed by atoms with Crippen molar-refractivity contribution < 1.29 is 0 Å². The van der Waals surface area contributed by atoms with Gasteiger partial charge in [-0.3, -0.25) is 4.99 Å². The van der Waals surface area contributed by atoms with E-state index in [0.717, 1.165) is 36.7 Å². The maximum Gasteiger partial charge on any atom is 0.191 e. The molecule has 0 amide bonds. The fourth-order valence-corrected chi connectivity index (χ4v) is 2.51. The van der Waals surface area contributed by atoms with E-state index in [-0.39, 0.29) is 0 Å². The van der Waals surface area contributed by atoms with E-state index in [9.17, 15) is 0 Å². The Kier molecular flexibility index (Phi) is 4.30. The van der Waals surface area contributed by atoms with Crippen LogP contribution in [0.5, 0.6) is 0 Å². The molecule has 2 fully saturated rings. The number of guanidine groups is 1. The van der Waals surface area contributed by atoms with Crippen LogP contribution in [0.1, 0.15) is 46.0 Å². The van der Waals surface area contributed by atoms with Gasteiger partial charge in [0.2, 0.25) is 0 Å². The van der Waals surface area contributed by atoms with Crippen LogP contribution in [0.3, 0.4) is 0 Å². The van der Waals surface area contributed by atoms with Gasteiger partial charge in [0.15, 0.2) is 5.96 Å². The van der Waals surface area contributed by atoms with Gasteiger partial charge in [0.25, 0.3) is 0 Å². The average molecular weight is 237 g/mol. The number of rotatable bonds is 6. The predicted molar refractivity (Wildman–Crippen MR) is 73.2 cm³/mol. The lowest BCUT2D eigenvalue weighted by atomic mass is 9.98. The smallest absolute Gasteiger partial charge is 0.191 e. The summed E-state index contributed by atoms with van der Waals surface area (Å²) in [5, 5.41) is 6.95. The molecule has 0 bridgehead atoms. The quantitative estimate of drug-likeness (QED) is 0.550. The maximum absolute atomic E-state index is 4.30. The lowest BCUT2D eigenvalue weighted by Crippen LogP contribution is -2.44. The van der Waals surface area contributed by atoms with Crippen molar-refractivity contribution in [2.45, 2.75) is 52.0 Å². The first-order valence-corrected chi connectivity index (χ1v) is 7.21. The first kappa shape index (κ1) is 12.7. The highest BCUT2D eigenvalue weighted by Crippen LogP contribution is 2.48. The van der Waals surface area contributed by atoms with E-state index >= 15 is 0 Å². The number of nitrogens with zero attached hydrogens (tertiary/aromatic N) is 1. The van der Waals surface area contributed by atoms with Gasteiger partial charge in [-0.25, -0.2) is 0 Å². The third-order valence-corrected chi connectivity index (χ3v) is 4.18. The number of hydrogen-bond acceptors (Lipinski definition) is 1. The molecule has 0 aromatic rings. The second-order valence-electron chi connectivity index (χ2n) is 5.75. The Balaban J connectivity index is 1.74. The number of hydrogen-bond donors (Lipinski definition) is 2. The van der Waals surface area contributed by atoms with Crippen LogP contribution in [-0.4, -0.2) is 25.6 Å². The van der Waals surface area contributed by atoms with Gasteiger partial charge in [0, 0.05) is 19.6 Å². The molecule has 3 heteroatoms. The van der Waals surface area contributed by atoms with Crippen molar-refractivity contribution in [1.82, 2.24) is 10.6 Å². The van der Waals surface area contributed by atoms with Crippen LogP contribution in [0.15, 0.2) is 4.99 Å². The van der Waals surface area contributed by atoms with E-state index in [1.807, 2.05) is 7.05 Å². The van der Waals surface area contributed by atoms with Gasteiger partial charge in [-0.2, -0.15) is 0 Å². The summed E-state index contributed by atoms with van der Waals surface area (Å²) in [6.07, 6.45) is 6.97. The van der Waals surface area contributed by atoms with Gasteiger partial charge in [0.05, 0.1) is 0 Å². The highest BCUT2D eigenvalue weighted by Gasteiger charge is 2.41. The summed E-state index contributed by atoms with van der Waals surface area (Å²) in [6.45, 7) is 5.51. The molecule has 2 N–H and O–H groups in total. The van der Waals surface area contributed by atoms with Crippen LogP contribution in [0.25, 0.3) is 0 Å². The van der Waals surface area contributed by atoms with Gasteiger partial charge < -0.3 is 10.6 Å². The molecule has 1 unspecified atom stereocenters. The predicted octanol–water partition coefficient (Wildman–Crippen LogP) is 2.39. The molecule has 2 aliphatic carbocycles. The third-order valence-electron chi connectivity index (χ3n) is 4.18. The SMILES string of the molecule is CCC(C)NC(=NC)NCC(C1CC1)C1CC1. The minimum Gasteiger partial charge on any atom is -0.356 e. The van der Waals surface area contributed by atoms with Gasteiger partial charge in [-0.1, -0.05) is 6.92 Å². The van der Waals surface area contributed by atoms with Crippen LogP contribution >= 0.6 is 0 Å². The molecule has 3 nitrogen and oxygen atoms in total.